The Kier molecular flexibility index (Phi) is 12.7. The number of rotatable bonds is 9. The van der Waals surface area contributed by atoms with Crippen LogP contribution in [0.4, 0.5) is 0 Å². The summed E-state index contributed by atoms with van der Waals surface area (Å²) in [7, 11) is 5.99. The molecule has 0 atom stereocenters. The van der Waals surface area contributed by atoms with Crippen molar-refractivity contribution in [3.8, 4) is 0 Å². The highest BCUT2D eigenvalue weighted by molar-refractivity contribution is 14.0. The van der Waals surface area contributed by atoms with E-state index in [1.54, 1.807) is 0 Å². The smallest absolute Gasteiger partial charge is 0.191 e. The highest BCUT2D eigenvalue weighted by atomic mass is 127. The molecule has 0 radical (unpaired) electrons. The lowest BCUT2D eigenvalue weighted by Crippen LogP contribution is -2.37. The first kappa shape index (κ1) is 24.2. The molecule has 154 valence electrons. The van der Waals surface area contributed by atoms with Crippen LogP contribution in [0, 0.1) is 0 Å². The summed E-state index contributed by atoms with van der Waals surface area (Å²) in [4.78, 5) is 6.47. The Bertz CT molecular complexity index is 527. The highest BCUT2D eigenvalue weighted by Gasteiger charge is 2.12. The third-order valence-electron chi connectivity index (χ3n) is 4.72. The molecule has 0 bridgehead atoms. The van der Waals surface area contributed by atoms with Crippen molar-refractivity contribution in [1.82, 2.24) is 15.5 Å². The van der Waals surface area contributed by atoms with Crippen molar-refractivity contribution in [3.63, 3.8) is 0 Å². The van der Waals surface area contributed by atoms with Crippen LogP contribution in [0.5, 0.6) is 0 Å². The lowest BCUT2D eigenvalue weighted by molar-refractivity contribution is 0.0277. The summed E-state index contributed by atoms with van der Waals surface area (Å²) in [5.74, 6) is 0.847. The summed E-state index contributed by atoms with van der Waals surface area (Å²) < 4.78 is 5.96. The van der Waals surface area contributed by atoms with E-state index in [4.69, 9.17) is 4.74 Å². The quantitative estimate of drug-likeness (QED) is 0.241. The Balaban J connectivity index is 0.00000364. The van der Waals surface area contributed by atoms with E-state index in [1.807, 2.05) is 7.05 Å². The molecule has 1 aromatic carbocycles. The Morgan fingerprint density at radius 1 is 1.07 bits per heavy atom. The first-order chi connectivity index (χ1) is 12.7. The zero-order valence-electron chi connectivity index (χ0n) is 17.2. The topological polar surface area (TPSA) is 48.9 Å². The van der Waals surface area contributed by atoms with Gasteiger partial charge in [0.2, 0.25) is 0 Å². The molecule has 0 heterocycles. The van der Waals surface area contributed by atoms with E-state index in [2.05, 4.69) is 58.9 Å². The number of hydrogen-bond donors (Lipinski definition) is 2. The standard InChI is InChI=1S/C21H36N4O.HI/c1-22-21(23-14-7-15-26-20-8-5-4-6-9-20)24-16-18-10-12-19(13-11-18)17-25(2)3;/h10-13,20H,4-9,14-17H2,1-3H3,(H2,22,23,24);1H. The van der Waals surface area contributed by atoms with Gasteiger partial charge in [0.1, 0.15) is 0 Å². The lowest BCUT2D eigenvalue weighted by atomic mass is 9.98. The minimum absolute atomic E-state index is 0. The third-order valence-corrected chi connectivity index (χ3v) is 4.72. The predicted octanol–water partition coefficient (Wildman–Crippen LogP) is 3.77. The van der Waals surface area contributed by atoms with Gasteiger partial charge in [0.05, 0.1) is 6.10 Å². The van der Waals surface area contributed by atoms with Crippen molar-refractivity contribution < 1.29 is 4.74 Å². The van der Waals surface area contributed by atoms with Crippen LogP contribution in [-0.2, 0) is 17.8 Å². The lowest BCUT2D eigenvalue weighted by Gasteiger charge is -2.22. The minimum Gasteiger partial charge on any atom is -0.378 e. The molecule has 2 N–H and O–H groups in total. The highest BCUT2D eigenvalue weighted by Crippen LogP contribution is 2.20. The van der Waals surface area contributed by atoms with Crippen molar-refractivity contribution in [3.05, 3.63) is 35.4 Å². The number of ether oxygens (including phenoxy) is 1. The summed E-state index contributed by atoms with van der Waals surface area (Å²) in [5, 5.41) is 6.74. The fraction of sp³-hybridized carbons (Fsp3) is 0.667. The van der Waals surface area contributed by atoms with E-state index in [0.29, 0.717) is 6.10 Å². The Labute approximate surface area is 182 Å². The first-order valence-electron chi connectivity index (χ1n) is 9.96. The Morgan fingerprint density at radius 2 is 1.74 bits per heavy atom. The predicted molar refractivity (Wildman–Crippen MR) is 125 cm³/mol. The van der Waals surface area contributed by atoms with E-state index >= 15 is 0 Å². The van der Waals surface area contributed by atoms with Crippen LogP contribution in [0.15, 0.2) is 29.3 Å². The van der Waals surface area contributed by atoms with Crippen molar-refractivity contribution >= 4 is 29.9 Å². The summed E-state index contributed by atoms with van der Waals surface area (Å²) in [6.45, 7) is 3.47. The second kappa shape index (κ2) is 14.2. The summed E-state index contributed by atoms with van der Waals surface area (Å²) >= 11 is 0. The maximum absolute atomic E-state index is 5.96. The van der Waals surface area contributed by atoms with E-state index < -0.39 is 0 Å². The van der Waals surface area contributed by atoms with Gasteiger partial charge in [-0.25, -0.2) is 0 Å². The van der Waals surface area contributed by atoms with Crippen molar-refractivity contribution in [1.29, 1.82) is 0 Å². The largest absolute Gasteiger partial charge is 0.378 e. The molecule has 1 aliphatic rings. The SMILES string of the molecule is CN=C(NCCCOC1CCCCC1)NCc1ccc(CN(C)C)cc1.I. The van der Waals surface area contributed by atoms with Crippen molar-refractivity contribution in [2.75, 3.05) is 34.3 Å². The molecule has 0 saturated heterocycles. The molecular formula is C21H37IN4O. The van der Waals surface area contributed by atoms with E-state index in [-0.39, 0.29) is 24.0 Å². The zero-order valence-corrected chi connectivity index (χ0v) is 19.5. The maximum atomic E-state index is 5.96. The van der Waals surface area contributed by atoms with Gasteiger partial charge >= 0.3 is 0 Å². The molecule has 0 amide bonds. The van der Waals surface area contributed by atoms with E-state index in [1.165, 1.54) is 43.2 Å². The number of guanidine groups is 1. The Morgan fingerprint density at radius 3 is 2.37 bits per heavy atom. The molecule has 0 unspecified atom stereocenters. The van der Waals surface area contributed by atoms with Gasteiger partial charge in [-0.2, -0.15) is 0 Å². The molecule has 1 aromatic rings. The number of nitrogens with one attached hydrogen (secondary N) is 2. The molecule has 27 heavy (non-hydrogen) atoms. The monoisotopic (exact) mass is 488 g/mol. The maximum Gasteiger partial charge on any atom is 0.191 e. The van der Waals surface area contributed by atoms with Gasteiger partial charge in [-0.15, -0.1) is 24.0 Å². The molecule has 0 aromatic heterocycles. The van der Waals surface area contributed by atoms with Gasteiger partial charge in [0.15, 0.2) is 5.96 Å². The molecule has 1 saturated carbocycles. The molecule has 5 nitrogen and oxygen atoms in total. The zero-order chi connectivity index (χ0) is 18.6. The summed E-state index contributed by atoms with van der Waals surface area (Å²) in [5.41, 5.74) is 2.59. The van der Waals surface area contributed by atoms with Gasteiger partial charge in [-0.05, 0) is 44.5 Å². The second-order valence-electron chi connectivity index (χ2n) is 7.39. The van der Waals surface area contributed by atoms with Gasteiger partial charge in [0.25, 0.3) is 0 Å². The van der Waals surface area contributed by atoms with Gasteiger partial charge in [-0.3, -0.25) is 4.99 Å². The molecule has 6 heteroatoms. The first-order valence-corrected chi connectivity index (χ1v) is 9.96. The number of hydrogen-bond acceptors (Lipinski definition) is 3. The van der Waals surface area contributed by atoms with Gasteiger partial charge < -0.3 is 20.3 Å². The second-order valence-corrected chi connectivity index (χ2v) is 7.39. The summed E-state index contributed by atoms with van der Waals surface area (Å²) in [6, 6.07) is 8.74. The van der Waals surface area contributed by atoms with Crippen LogP contribution in [0.1, 0.15) is 49.7 Å². The third kappa shape index (κ3) is 10.3. The van der Waals surface area contributed by atoms with E-state index in [0.717, 1.165) is 38.6 Å². The molecule has 0 spiro atoms. The normalized spacial score (nSPS) is 15.5. The van der Waals surface area contributed by atoms with Crippen LogP contribution in [-0.4, -0.2) is 51.3 Å². The molecule has 2 rings (SSSR count). The van der Waals surface area contributed by atoms with Crippen LogP contribution >= 0.6 is 24.0 Å². The number of benzene rings is 1. The molecule has 1 aliphatic carbocycles. The number of aliphatic imine (C=N–C) groups is 1. The van der Waals surface area contributed by atoms with Crippen molar-refractivity contribution in [2.45, 2.75) is 57.7 Å². The van der Waals surface area contributed by atoms with Crippen LogP contribution < -0.4 is 10.6 Å². The number of halogens is 1. The van der Waals surface area contributed by atoms with Crippen molar-refractivity contribution in [2.24, 2.45) is 4.99 Å². The molecular weight excluding hydrogens is 451 g/mol. The molecule has 0 aliphatic heterocycles. The fourth-order valence-corrected chi connectivity index (χ4v) is 3.29. The van der Waals surface area contributed by atoms with Crippen LogP contribution in [0.25, 0.3) is 0 Å². The minimum atomic E-state index is 0. The van der Waals surface area contributed by atoms with Gasteiger partial charge in [0, 0.05) is 33.3 Å². The fourth-order valence-electron chi connectivity index (χ4n) is 3.29. The average Bonchev–Trinajstić information content (AvgIpc) is 2.65. The Hall–Kier alpha value is -0.860. The van der Waals surface area contributed by atoms with Crippen LogP contribution in [0.3, 0.4) is 0 Å². The number of nitrogens with zero attached hydrogens (tertiary/aromatic N) is 2. The van der Waals surface area contributed by atoms with Crippen LogP contribution in [0.2, 0.25) is 0 Å². The molecule has 1 fully saturated rings. The average molecular weight is 488 g/mol. The van der Waals surface area contributed by atoms with Gasteiger partial charge in [-0.1, -0.05) is 43.5 Å². The summed E-state index contributed by atoms with van der Waals surface area (Å²) in [6.07, 6.45) is 8.02. The van der Waals surface area contributed by atoms with E-state index in [9.17, 15) is 0 Å².